The van der Waals surface area contributed by atoms with E-state index < -0.39 is 0 Å². The van der Waals surface area contributed by atoms with E-state index in [1.54, 1.807) is 19.0 Å². The number of nitrogens with two attached hydrogens (primary N) is 1. The average molecular weight is 437 g/mol. The summed E-state index contributed by atoms with van der Waals surface area (Å²) >= 11 is 0. The molecule has 3 aliphatic rings. The van der Waals surface area contributed by atoms with Crippen molar-refractivity contribution in [1.82, 2.24) is 9.80 Å². The fourth-order valence-corrected chi connectivity index (χ4v) is 5.95. The van der Waals surface area contributed by atoms with Gasteiger partial charge in [0.05, 0.1) is 11.6 Å². The van der Waals surface area contributed by atoms with E-state index in [1.807, 2.05) is 30.3 Å². The van der Waals surface area contributed by atoms with Gasteiger partial charge in [-0.05, 0) is 75.3 Å². The Morgan fingerprint density at radius 2 is 2.09 bits per heavy atom. The number of hydrogen-bond acceptors (Lipinski definition) is 5. The summed E-state index contributed by atoms with van der Waals surface area (Å²) in [6.07, 6.45) is 8.11. The Bertz CT molecular complexity index is 903. The molecule has 1 heterocycles. The number of likely N-dealkylation sites (tertiary alicyclic amines) is 1. The molecule has 0 radical (unpaired) electrons. The van der Waals surface area contributed by atoms with Crippen LogP contribution in [0.3, 0.4) is 0 Å². The second-order valence-corrected chi connectivity index (χ2v) is 10.3. The maximum Gasteiger partial charge on any atom is 0.245 e. The lowest BCUT2D eigenvalue weighted by atomic mass is 9.67. The molecule has 32 heavy (non-hydrogen) atoms. The van der Waals surface area contributed by atoms with Gasteiger partial charge in [0, 0.05) is 44.2 Å². The van der Waals surface area contributed by atoms with Crippen molar-refractivity contribution in [3.8, 4) is 11.8 Å². The summed E-state index contributed by atoms with van der Waals surface area (Å²) < 4.78 is 6.72. The minimum absolute atomic E-state index is 0.0403. The Hall–Kier alpha value is -2.36. The number of likely N-dealkylation sites (N-methyl/N-ethyl adjacent to an activating group) is 1. The highest BCUT2D eigenvalue weighted by molar-refractivity contribution is 5.87. The van der Waals surface area contributed by atoms with E-state index >= 15 is 0 Å². The molecule has 4 rings (SSSR count). The Morgan fingerprint density at radius 1 is 1.34 bits per heavy atom. The predicted octanol–water partition coefficient (Wildman–Crippen LogP) is 3.32. The number of piperidine rings is 1. The van der Waals surface area contributed by atoms with E-state index in [9.17, 15) is 4.79 Å². The molecule has 1 aliphatic heterocycles. The van der Waals surface area contributed by atoms with Gasteiger partial charge >= 0.3 is 0 Å². The maximum absolute atomic E-state index is 12.3. The molecule has 1 aromatic rings. The second-order valence-electron chi connectivity index (χ2n) is 10.3. The molecule has 2 aliphatic carbocycles. The Balaban J connectivity index is 1.60. The van der Waals surface area contributed by atoms with Crippen molar-refractivity contribution >= 4 is 5.91 Å². The summed E-state index contributed by atoms with van der Waals surface area (Å²) in [6, 6.07) is 10.2. The van der Waals surface area contributed by atoms with Crippen molar-refractivity contribution < 1.29 is 9.53 Å². The molecule has 2 N–H and O–H groups in total. The molecule has 0 unspecified atom stereocenters. The maximum atomic E-state index is 12.3. The van der Waals surface area contributed by atoms with Gasteiger partial charge in [0.25, 0.3) is 0 Å². The molecule has 5 atom stereocenters. The lowest BCUT2D eigenvalue weighted by molar-refractivity contribution is -0.123. The zero-order chi connectivity index (χ0) is 22.9. The molecule has 6 heteroatoms. The summed E-state index contributed by atoms with van der Waals surface area (Å²) in [7, 11) is 3.61. The molecule has 172 valence electrons. The van der Waals surface area contributed by atoms with Crippen LogP contribution in [-0.4, -0.2) is 61.1 Å². The van der Waals surface area contributed by atoms with Crippen molar-refractivity contribution in [3.05, 3.63) is 41.5 Å². The fourth-order valence-electron chi connectivity index (χ4n) is 5.95. The molecule has 0 aromatic heterocycles. The van der Waals surface area contributed by atoms with Crippen LogP contribution in [0.2, 0.25) is 0 Å². The van der Waals surface area contributed by atoms with Gasteiger partial charge in [-0.2, -0.15) is 5.26 Å². The molecule has 0 bridgehead atoms. The van der Waals surface area contributed by atoms with Crippen LogP contribution in [0.4, 0.5) is 0 Å². The summed E-state index contributed by atoms with van der Waals surface area (Å²) in [5.74, 6) is 1.38. The third kappa shape index (κ3) is 4.55. The van der Waals surface area contributed by atoms with Gasteiger partial charge in [-0.15, -0.1) is 0 Å². The number of nitrogens with zero attached hydrogens (tertiary/aromatic N) is 3. The van der Waals surface area contributed by atoms with Gasteiger partial charge in [-0.25, -0.2) is 0 Å². The highest BCUT2D eigenvalue weighted by Gasteiger charge is 2.56. The lowest BCUT2D eigenvalue weighted by Gasteiger charge is -2.44. The van der Waals surface area contributed by atoms with Crippen LogP contribution in [0.1, 0.15) is 51.0 Å². The average Bonchev–Trinajstić information content (AvgIpc) is 3.06. The highest BCUT2D eigenvalue weighted by Crippen LogP contribution is 2.55. The third-order valence-corrected chi connectivity index (χ3v) is 7.92. The number of fused-ring (bicyclic) bond motifs is 1. The van der Waals surface area contributed by atoms with Gasteiger partial charge in [-0.3, -0.25) is 9.69 Å². The number of benzene rings is 1. The minimum Gasteiger partial charge on any atom is -0.488 e. The number of amides is 1. The molecule has 2 saturated carbocycles. The SMILES string of the molecule is CN(C)C(=O)/C=C1\CC[C@@]2(C)[C@@H](C1)C[C@@H](N1CCC[C@@H](N)C1)[C@@H]2Oc1ccc(C#N)cc1. The monoisotopic (exact) mass is 436 g/mol. The number of nitriles is 1. The molecule has 0 spiro atoms. The standard InChI is InChI=1S/C26H36N4O2/c1-26-11-10-19(14-24(31)29(2)3)13-20(26)15-23(30-12-4-5-21(28)17-30)25(26)32-22-8-6-18(16-27)7-9-22/h6-9,14,20-21,23,25H,4-5,10-13,15,17,28H2,1-3H3/b19-14+/t20-,21+,23+,25-,26-/m0/s1. The molecule has 1 aromatic carbocycles. The van der Waals surface area contributed by atoms with Crippen molar-refractivity contribution in [2.24, 2.45) is 17.1 Å². The topological polar surface area (TPSA) is 82.6 Å². The van der Waals surface area contributed by atoms with Crippen molar-refractivity contribution in [2.45, 2.75) is 63.6 Å². The van der Waals surface area contributed by atoms with Crippen molar-refractivity contribution in [2.75, 3.05) is 27.2 Å². The molecule has 1 saturated heterocycles. The van der Waals surface area contributed by atoms with E-state index in [-0.39, 0.29) is 23.5 Å². The van der Waals surface area contributed by atoms with Crippen LogP contribution in [0.25, 0.3) is 0 Å². The molecule has 6 nitrogen and oxygen atoms in total. The first-order chi connectivity index (χ1) is 15.3. The van der Waals surface area contributed by atoms with Gasteiger partial charge in [0.2, 0.25) is 5.91 Å². The second kappa shape index (κ2) is 9.25. The summed E-state index contributed by atoms with van der Waals surface area (Å²) in [5.41, 5.74) is 8.29. The summed E-state index contributed by atoms with van der Waals surface area (Å²) in [5, 5.41) is 9.13. The number of carbonyl (C=O) groups is 1. The number of carbonyl (C=O) groups excluding carboxylic acids is 1. The van der Waals surface area contributed by atoms with Crippen LogP contribution in [0.15, 0.2) is 35.9 Å². The Morgan fingerprint density at radius 3 is 2.75 bits per heavy atom. The molecular formula is C26H36N4O2. The van der Waals surface area contributed by atoms with E-state index in [4.69, 9.17) is 15.7 Å². The zero-order valence-electron chi connectivity index (χ0n) is 19.6. The predicted molar refractivity (Wildman–Crippen MR) is 125 cm³/mol. The van der Waals surface area contributed by atoms with Crippen LogP contribution in [0, 0.1) is 22.7 Å². The first-order valence-corrected chi connectivity index (χ1v) is 11.9. The van der Waals surface area contributed by atoms with Gasteiger partial charge < -0.3 is 15.4 Å². The first-order valence-electron chi connectivity index (χ1n) is 11.9. The largest absolute Gasteiger partial charge is 0.488 e. The van der Waals surface area contributed by atoms with Gasteiger partial charge in [0.1, 0.15) is 11.9 Å². The highest BCUT2D eigenvalue weighted by atomic mass is 16.5. The van der Waals surface area contributed by atoms with Crippen molar-refractivity contribution in [3.63, 3.8) is 0 Å². The third-order valence-electron chi connectivity index (χ3n) is 7.92. The number of ether oxygens (including phenoxy) is 1. The summed E-state index contributed by atoms with van der Waals surface area (Å²) in [6.45, 7) is 4.36. The smallest absolute Gasteiger partial charge is 0.245 e. The zero-order valence-corrected chi connectivity index (χ0v) is 19.6. The first kappa shape index (κ1) is 22.8. The number of allylic oxidation sites excluding steroid dienone is 1. The van der Waals surface area contributed by atoms with E-state index in [0.717, 1.165) is 57.4 Å². The Kier molecular flexibility index (Phi) is 6.60. The molecular weight excluding hydrogens is 400 g/mol. The normalized spacial score (nSPS) is 34.0. The Labute approximate surface area is 192 Å². The number of rotatable bonds is 4. The number of hydrogen-bond donors (Lipinski definition) is 1. The lowest BCUT2D eigenvalue weighted by Crippen LogP contribution is -2.54. The molecule has 3 fully saturated rings. The van der Waals surface area contributed by atoms with Crippen LogP contribution in [0.5, 0.6) is 5.75 Å². The van der Waals surface area contributed by atoms with E-state index in [2.05, 4.69) is 17.9 Å². The van der Waals surface area contributed by atoms with Crippen LogP contribution >= 0.6 is 0 Å². The van der Waals surface area contributed by atoms with E-state index in [0.29, 0.717) is 17.5 Å². The minimum atomic E-state index is 0.0403. The van der Waals surface area contributed by atoms with Gasteiger partial charge in [-0.1, -0.05) is 12.5 Å². The summed E-state index contributed by atoms with van der Waals surface area (Å²) in [4.78, 5) is 16.5. The van der Waals surface area contributed by atoms with Crippen molar-refractivity contribution in [1.29, 1.82) is 5.26 Å². The fraction of sp³-hybridized carbons (Fsp3) is 0.615. The quantitative estimate of drug-likeness (QED) is 0.732. The van der Waals surface area contributed by atoms with Crippen LogP contribution < -0.4 is 10.5 Å². The van der Waals surface area contributed by atoms with E-state index in [1.165, 1.54) is 5.57 Å². The van der Waals surface area contributed by atoms with Gasteiger partial charge in [0.15, 0.2) is 0 Å². The van der Waals surface area contributed by atoms with Crippen LogP contribution in [-0.2, 0) is 4.79 Å². The molecule has 1 amide bonds.